The highest BCUT2D eigenvalue weighted by molar-refractivity contribution is 9.10. The molecule has 72 valence electrons. The van der Waals surface area contributed by atoms with Crippen molar-refractivity contribution in [2.24, 2.45) is 5.73 Å². The smallest absolute Gasteiger partial charge is 0.0861 e. The lowest BCUT2D eigenvalue weighted by Gasteiger charge is -2.03. The van der Waals surface area contributed by atoms with Gasteiger partial charge in [0.25, 0.3) is 0 Å². The Bertz CT molecular complexity index is 439. The molecule has 0 spiro atoms. The molecule has 0 aliphatic heterocycles. The molecule has 0 fully saturated rings. The Labute approximate surface area is 89.1 Å². The van der Waals surface area contributed by atoms with Crippen LogP contribution in [0.4, 0.5) is 0 Å². The Balaban J connectivity index is 2.49. The molecule has 2 heterocycles. The molecule has 2 N–H and O–H groups in total. The van der Waals surface area contributed by atoms with Gasteiger partial charge < -0.3 is 5.73 Å². The fraction of sp³-hybridized carbons (Fsp3) is 0.125. The van der Waals surface area contributed by atoms with Crippen molar-refractivity contribution in [1.82, 2.24) is 20.0 Å². The van der Waals surface area contributed by atoms with Crippen molar-refractivity contribution < 1.29 is 0 Å². The van der Waals surface area contributed by atoms with E-state index in [1.54, 1.807) is 23.3 Å². The molecule has 2 aromatic heterocycles. The summed E-state index contributed by atoms with van der Waals surface area (Å²) in [6, 6.07) is 1.90. The Kier molecular flexibility index (Phi) is 2.55. The van der Waals surface area contributed by atoms with E-state index in [1.165, 1.54) is 0 Å². The van der Waals surface area contributed by atoms with Crippen LogP contribution in [-0.2, 0) is 6.54 Å². The number of hydrogen-bond acceptors (Lipinski definition) is 4. The van der Waals surface area contributed by atoms with E-state index in [0.29, 0.717) is 6.54 Å². The third-order valence-corrected chi connectivity index (χ3v) is 2.20. The molecule has 2 aromatic rings. The van der Waals surface area contributed by atoms with Gasteiger partial charge in [0.2, 0.25) is 0 Å². The van der Waals surface area contributed by atoms with E-state index in [4.69, 9.17) is 5.73 Å². The van der Waals surface area contributed by atoms with Crippen LogP contribution in [-0.4, -0.2) is 20.0 Å². The topological polar surface area (TPSA) is 69.6 Å². The molecule has 0 radical (unpaired) electrons. The predicted molar refractivity (Wildman–Crippen MR) is 54.7 cm³/mol. The average Bonchev–Trinajstić information content (AvgIpc) is 2.65. The number of hydrogen-bond donors (Lipinski definition) is 1. The van der Waals surface area contributed by atoms with Gasteiger partial charge in [0.15, 0.2) is 0 Å². The minimum absolute atomic E-state index is 0.402. The lowest BCUT2D eigenvalue weighted by Crippen LogP contribution is -2.07. The molecule has 0 atom stereocenters. The highest BCUT2D eigenvalue weighted by Gasteiger charge is 2.04. The van der Waals surface area contributed by atoms with Gasteiger partial charge in [-0.05, 0) is 22.0 Å². The summed E-state index contributed by atoms with van der Waals surface area (Å²) < 4.78 is 2.56. The number of rotatable bonds is 2. The predicted octanol–water partition coefficient (Wildman–Crippen LogP) is 0.883. The standard InChI is InChI=1S/C8H8BrN5/c9-6-1-7(4-11-3-6)14-8(2-10)5-12-13-14/h1,3-5H,2,10H2. The largest absolute Gasteiger partial charge is 0.325 e. The second-order valence-electron chi connectivity index (χ2n) is 2.70. The second kappa shape index (κ2) is 3.85. The van der Waals surface area contributed by atoms with Crippen molar-refractivity contribution in [1.29, 1.82) is 0 Å². The number of nitrogens with zero attached hydrogens (tertiary/aromatic N) is 4. The Morgan fingerprint density at radius 1 is 1.36 bits per heavy atom. The van der Waals surface area contributed by atoms with E-state index >= 15 is 0 Å². The van der Waals surface area contributed by atoms with Crippen LogP contribution in [0.2, 0.25) is 0 Å². The van der Waals surface area contributed by atoms with Crippen LogP contribution in [0.5, 0.6) is 0 Å². The summed E-state index contributed by atoms with van der Waals surface area (Å²) in [6.07, 6.45) is 5.06. The van der Waals surface area contributed by atoms with Crippen LogP contribution in [0, 0.1) is 0 Å². The first-order valence-electron chi connectivity index (χ1n) is 4.02. The van der Waals surface area contributed by atoms with Gasteiger partial charge in [-0.15, -0.1) is 5.10 Å². The van der Waals surface area contributed by atoms with E-state index < -0.39 is 0 Å². The Morgan fingerprint density at radius 3 is 2.93 bits per heavy atom. The van der Waals surface area contributed by atoms with Crippen LogP contribution in [0.15, 0.2) is 29.1 Å². The van der Waals surface area contributed by atoms with Gasteiger partial charge in [0.1, 0.15) is 0 Å². The van der Waals surface area contributed by atoms with Gasteiger partial charge in [-0.25, -0.2) is 4.68 Å². The van der Waals surface area contributed by atoms with Crippen LogP contribution < -0.4 is 5.73 Å². The second-order valence-corrected chi connectivity index (χ2v) is 3.62. The summed E-state index contributed by atoms with van der Waals surface area (Å²) in [5, 5.41) is 7.71. The minimum Gasteiger partial charge on any atom is -0.325 e. The zero-order valence-electron chi connectivity index (χ0n) is 7.26. The Morgan fingerprint density at radius 2 is 2.21 bits per heavy atom. The lowest BCUT2D eigenvalue weighted by atomic mass is 10.4. The summed E-state index contributed by atoms with van der Waals surface area (Å²) in [5.41, 5.74) is 7.23. The summed E-state index contributed by atoms with van der Waals surface area (Å²) in [6.45, 7) is 0.402. The van der Waals surface area contributed by atoms with Crippen LogP contribution in [0.25, 0.3) is 5.69 Å². The van der Waals surface area contributed by atoms with Gasteiger partial charge in [0.05, 0.1) is 23.8 Å². The third kappa shape index (κ3) is 1.66. The molecule has 0 saturated heterocycles. The lowest BCUT2D eigenvalue weighted by molar-refractivity contribution is 0.758. The van der Waals surface area contributed by atoms with Crippen molar-refractivity contribution in [2.75, 3.05) is 0 Å². The average molecular weight is 254 g/mol. The maximum Gasteiger partial charge on any atom is 0.0861 e. The molecule has 0 aromatic carbocycles. The molecule has 5 nitrogen and oxygen atoms in total. The molecule has 6 heteroatoms. The van der Waals surface area contributed by atoms with E-state index in [1.807, 2.05) is 6.07 Å². The van der Waals surface area contributed by atoms with Crippen LogP contribution >= 0.6 is 15.9 Å². The first-order valence-corrected chi connectivity index (χ1v) is 4.81. The SMILES string of the molecule is NCc1cnnn1-c1cncc(Br)c1. The van der Waals surface area contributed by atoms with E-state index in [9.17, 15) is 0 Å². The van der Waals surface area contributed by atoms with Crippen molar-refractivity contribution in [2.45, 2.75) is 6.54 Å². The van der Waals surface area contributed by atoms with Crippen LogP contribution in [0.1, 0.15) is 5.69 Å². The van der Waals surface area contributed by atoms with Crippen molar-refractivity contribution >= 4 is 15.9 Å². The Hall–Kier alpha value is -1.27. The van der Waals surface area contributed by atoms with E-state index in [-0.39, 0.29) is 0 Å². The number of aromatic nitrogens is 4. The molecule has 14 heavy (non-hydrogen) atoms. The van der Waals surface area contributed by atoms with Gasteiger partial charge in [-0.1, -0.05) is 5.21 Å². The fourth-order valence-electron chi connectivity index (χ4n) is 1.13. The molecular weight excluding hydrogens is 246 g/mol. The monoisotopic (exact) mass is 253 g/mol. The van der Waals surface area contributed by atoms with Gasteiger partial charge in [-0.2, -0.15) is 0 Å². The zero-order valence-corrected chi connectivity index (χ0v) is 8.85. The van der Waals surface area contributed by atoms with Crippen molar-refractivity contribution in [3.05, 3.63) is 34.8 Å². The third-order valence-electron chi connectivity index (χ3n) is 1.76. The van der Waals surface area contributed by atoms with Crippen molar-refractivity contribution in [3.63, 3.8) is 0 Å². The summed E-state index contributed by atoms with van der Waals surface area (Å²) in [5.74, 6) is 0. The highest BCUT2D eigenvalue weighted by Crippen LogP contribution is 2.13. The van der Waals surface area contributed by atoms with Gasteiger partial charge in [0, 0.05) is 17.2 Å². The summed E-state index contributed by atoms with van der Waals surface area (Å²) in [4.78, 5) is 4.04. The first-order chi connectivity index (χ1) is 6.81. The maximum atomic E-state index is 5.54. The molecule has 0 saturated carbocycles. The number of halogens is 1. The fourth-order valence-corrected chi connectivity index (χ4v) is 1.48. The quantitative estimate of drug-likeness (QED) is 0.863. The molecule has 0 unspecified atom stereocenters. The minimum atomic E-state index is 0.402. The summed E-state index contributed by atoms with van der Waals surface area (Å²) in [7, 11) is 0. The number of nitrogens with two attached hydrogens (primary N) is 1. The zero-order chi connectivity index (χ0) is 9.97. The van der Waals surface area contributed by atoms with Gasteiger partial charge >= 0.3 is 0 Å². The van der Waals surface area contributed by atoms with Crippen molar-refractivity contribution in [3.8, 4) is 5.69 Å². The van der Waals surface area contributed by atoms with E-state index in [2.05, 4.69) is 31.2 Å². The van der Waals surface area contributed by atoms with Crippen LogP contribution in [0.3, 0.4) is 0 Å². The molecule has 0 aliphatic carbocycles. The molecule has 2 rings (SSSR count). The van der Waals surface area contributed by atoms with E-state index in [0.717, 1.165) is 15.9 Å². The highest BCUT2D eigenvalue weighted by atomic mass is 79.9. The maximum absolute atomic E-state index is 5.54. The normalized spacial score (nSPS) is 10.4. The molecule has 0 amide bonds. The molecule has 0 bridgehead atoms. The van der Waals surface area contributed by atoms with Gasteiger partial charge in [-0.3, -0.25) is 4.98 Å². The first kappa shape index (κ1) is 9.29. The summed E-state index contributed by atoms with van der Waals surface area (Å²) >= 11 is 3.34. The number of pyridine rings is 1. The molecule has 0 aliphatic rings. The molecular formula is C8H8BrN5.